The summed E-state index contributed by atoms with van der Waals surface area (Å²) in [6.45, 7) is 5.92. The summed E-state index contributed by atoms with van der Waals surface area (Å²) < 4.78 is 5.35. The van der Waals surface area contributed by atoms with E-state index in [1.165, 1.54) is 0 Å². The fourth-order valence-corrected chi connectivity index (χ4v) is 3.03. The van der Waals surface area contributed by atoms with Gasteiger partial charge in [-0.25, -0.2) is 0 Å². The van der Waals surface area contributed by atoms with E-state index in [2.05, 4.69) is 27.3 Å². The summed E-state index contributed by atoms with van der Waals surface area (Å²) in [5.41, 5.74) is 0.714. The Balaban J connectivity index is 1.51. The van der Waals surface area contributed by atoms with Gasteiger partial charge >= 0.3 is 0 Å². The van der Waals surface area contributed by atoms with Crippen LogP contribution in [-0.2, 0) is 6.42 Å². The standard InChI is InChI=1S/C18H24N4O2/c1-3-16-20-18(24-21-16)13(2)22-11-9-15(10-12-22)19-17(23)14-7-5-4-6-8-14/h4-8,13,15H,3,9-12H2,1-2H3,(H,19,23)/t13-/m0/s1. The fraction of sp³-hybridized carbons (Fsp3) is 0.500. The minimum atomic E-state index is 0.00610. The number of piperidine rings is 1. The molecule has 1 saturated heterocycles. The van der Waals surface area contributed by atoms with Crippen LogP contribution in [0.5, 0.6) is 0 Å². The molecule has 0 bridgehead atoms. The first-order chi connectivity index (χ1) is 11.7. The van der Waals surface area contributed by atoms with E-state index in [-0.39, 0.29) is 18.0 Å². The largest absolute Gasteiger partial charge is 0.349 e. The molecule has 0 aliphatic carbocycles. The van der Waals surface area contributed by atoms with Crippen molar-refractivity contribution in [2.75, 3.05) is 13.1 Å². The van der Waals surface area contributed by atoms with Gasteiger partial charge in [0.2, 0.25) is 5.89 Å². The molecule has 1 aromatic heterocycles. The minimum Gasteiger partial charge on any atom is -0.349 e. The number of hydrogen-bond donors (Lipinski definition) is 1. The number of carbonyl (C=O) groups is 1. The van der Waals surface area contributed by atoms with Crippen LogP contribution in [0.15, 0.2) is 34.9 Å². The Morgan fingerprint density at radius 3 is 2.67 bits per heavy atom. The minimum absolute atomic E-state index is 0.00610. The summed E-state index contributed by atoms with van der Waals surface area (Å²) in [5, 5.41) is 7.10. The number of aryl methyl sites for hydroxylation is 1. The first-order valence-electron chi connectivity index (χ1n) is 8.59. The molecule has 0 saturated carbocycles. The molecule has 6 nitrogen and oxygen atoms in total. The van der Waals surface area contributed by atoms with Gasteiger partial charge < -0.3 is 9.84 Å². The summed E-state index contributed by atoms with van der Waals surface area (Å²) in [5.74, 6) is 1.44. The summed E-state index contributed by atoms with van der Waals surface area (Å²) >= 11 is 0. The number of likely N-dealkylation sites (tertiary alicyclic amines) is 1. The molecule has 1 fully saturated rings. The number of aromatic nitrogens is 2. The van der Waals surface area contributed by atoms with Crippen LogP contribution in [-0.4, -0.2) is 40.1 Å². The van der Waals surface area contributed by atoms with Crippen molar-refractivity contribution in [1.82, 2.24) is 20.4 Å². The van der Waals surface area contributed by atoms with E-state index in [0.29, 0.717) is 11.5 Å². The zero-order valence-electron chi connectivity index (χ0n) is 14.2. The third kappa shape index (κ3) is 3.82. The Labute approximate surface area is 142 Å². The first-order valence-corrected chi connectivity index (χ1v) is 8.59. The van der Waals surface area contributed by atoms with E-state index >= 15 is 0 Å². The maximum atomic E-state index is 12.2. The van der Waals surface area contributed by atoms with Gasteiger partial charge in [0.25, 0.3) is 5.91 Å². The van der Waals surface area contributed by atoms with Gasteiger partial charge in [-0.3, -0.25) is 9.69 Å². The predicted octanol–water partition coefficient (Wildman–Crippen LogP) is 2.59. The van der Waals surface area contributed by atoms with Crippen LogP contribution in [0.25, 0.3) is 0 Å². The molecule has 2 aromatic rings. The molecule has 1 atom stereocenters. The highest BCUT2D eigenvalue weighted by atomic mass is 16.5. The zero-order valence-corrected chi connectivity index (χ0v) is 14.2. The van der Waals surface area contributed by atoms with E-state index in [1.54, 1.807) is 0 Å². The molecule has 1 amide bonds. The molecule has 0 unspecified atom stereocenters. The second-order valence-electron chi connectivity index (χ2n) is 6.23. The van der Waals surface area contributed by atoms with Crippen LogP contribution in [0.2, 0.25) is 0 Å². The smallest absolute Gasteiger partial charge is 0.251 e. The van der Waals surface area contributed by atoms with Crippen LogP contribution < -0.4 is 5.32 Å². The molecule has 1 aliphatic heterocycles. The van der Waals surface area contributed by atoms with Crippen LogP contribution >= 0.6 is 0 Å². The van der Waals surface area contributed by atoms with Gasteiger partial charge in [0.1, 0.15) is 0 Å². The monoisotopic (exact) mass is 328 g/mol. The molecule has 0 spiro atoms. The van der Waals surface area contributed by atoms with Crippen LogP contribution in [0.4, 0.5) is 0 Å². The second kappa shape index (κ2) is 7.57. The number of nitrogens with one attached hydrogen (secondary N) is 1. The molecule has 1 aromatic carbocycles. The van der Waals surface area contributed by atoms with Crippen LogP contribution in [0.3, 0.4) is 0 Å². The molecule has 1 aliphatic rings. The van der Waals surface area contributed by atoms with Crippen molar-refractivity contribution in [1.29, 1.82) is 0 Å². The third-order valence-corrected chi connectivity index (χ3v) is 4.61. The summed E-state index contributed by atoms with van der Waals surface area (Å²) in [6.07, 6.45) is 2.64. The van der Waals surface area contributed by atoms with Gasteiger partial charge in [0.05, 0.1) is 6.04 Å². The maximum absolute atomic E-state index is 12.2. The number of carbonyl (C=O) groups excluding carboxylic acids is 1. The number of rotatable bonds is 5. The topological polar surface area (TPSA) is 71.3 Å². The van der Waals surface area contributed by atoms with E-state index < -0.39 is 0 Å². The Bertz CT molecular complexity index is 663. The average Bonchev–Trinajstić information content (AvgIpc) is 3.11. The molecule has 24 heavy (non-hydrogen) atoms. The van der Waals surface area contributed by atoms with Crippen molar-refractivity contribution < 1.29 is 9.32 Å². The van der Waals surface area contributed by atoms with Crippen LogP contribution in [0, 0.1) is 0 Å². The summed E-state index contributed by atoms with van der Waals surface area (Å²) in [6, 6.07) is 9.69. The second-order valence-corrected chi connectivity index (χ2v) is 6.23. The fourth-order valence-electron chi connectivity index (χ4n) is 3.03. The van der Waals surface area contributed by atoms with E-state index in [1.807, 2.05) is 37.3 Å². The number of hydrogen-bond acceptors (Lipinski definition) is 5. The average molecular weight is 328 g/mol. The van der Waals surface area contributed by atoms with Crippen molar-refractivity contribution in [2.24, 2.45) is 0 Å². The molecule has 6 heteroatoms. The van der Waals surface area contributed by atoms with E-state index in [4.69, 9.17) is 4.52 Å². The van der Waals surface area contributed by atoms with E-state index in [9.17, 15) is 4.79 Å². The highest BCUT2D eigenvalue weighted by Gasteiger charge is 2.27. The number of amides is 1. The van der Waals surface area contributed by atoms with Gasteiger partial charge in [0, 0.05) is 31.1 Å². The summed E-state index contributed by atoms with van der Waals surface area (Å²) in [7, 11) is 0. The predicted molar refractivity (Wildman–Crippen MR) is 90.6 cm³/mol. The molecule has 3 rings (SSSR count). The van der Waals surface area contributed by atoms with Crippen molar-refractivity contribution in [2.45, 2.75) is 45.2 Å². The Hall–Kier alpha value is -2.21. The summed E-state index contributed by atoms with van der Waals surface area (Å²) in [4.78, 5) is 19.0. The Morgan fingerprint density at radius 1 is 1.33 bits per heavy atom. The molecule has 0 radical (unpaired) electrons. The Kier molecular flexibility index (Phi) is 5.25. The highest BCUT2D eigenvalue weighted by Crippen LogP contribution is 2.23. The SMILES string of the molecule is CCc1noc([C@H](C)N2CCC(NC(=O)c3ccccc3)CC2)n1. The third-order valence-electron chi connectivity index (χ3n) is 4.61. The van der Waals surface area contributed by atoms with E-state index in [0.717, 1.165) is 38.2 Å². The quantitative estimate of drug-likeness (QED) is 0.913. The van der Waals surface area contributed by atoms with Crippen LogP contribution in [0.1, 0.15) is 54.8 Å². The normalized spacial score (nSPS) is 17.6. The van der Waals surface area contributed by atoms with Crippen molar-refractivity contribution in [3.63, 3.8) is 0 Å². The maximum Gasteiger partial charge on any atom is 0.251 e. The lowest BCUT2D eigenvalue weighted by Gasteiger charge is -2.34. The van der Waals surface area contributed by atoms with Crippen molar-refractivity contribution in [3.8, 4) is 0 Å². The van der Waals surface area contributed by atoms with Gasteiger partial charge in [-0.05, 0) is 31.9 Å². The molecule has 2 heterocycles. The van der Waals surface area contributed by atoms with Gasteiger partial charge in [0.15, 0.2) is 5.82 Å². The molecular formula is C18H24N4O2. The number of benzene rings is 1. The zero-order chi connectivity index (χ0) is 16.9. The van der Waals surface area contributed by atoms with Crippen molar-refractivity contribution >= 4 is 5.91 Å². The first kappa shape index (κ1) is 16.6. The van der Waals surface area contributed by atoms with Gasteiger partial charge in [-0.1, -0.05) is 30.3 Å². The highest BCUT2D eigenvalue weighted by molar-refractivity contribution is 5.94. The molecule has 128 valence electrons. The van der Waals surface area contributed by atoms with Gasteiger partial charge in [-0.2, -0.15) is 4.98 Å². The molecular weight excluding hydrogens is 304 g/mol. The van der Waals surface area contributed by atoms with Gasteiger partial charge in [-0.15, -0.1) is 0 Å². The lowest BCUT2D eigenvalue weighted by molar-refractivity contribution is 0.0881. The lowest BCUT2D eigenvalue weighted by Crippen LogP contribution is -2.45. The lowest BCUT2D eigenvalue weighted by atomic mass is 10.0. The molecule has 1 N–H and O–H groups in total. The Morgan fingerprint density at radius 2 is 2.04 bits per heavy atom. The number of nitrogens with zero attached hydrogens (tertiary/aromatic N) is 3. The van der Waals surface area contributed by atoms with Crippen molar-refractivity contribution in [3.05, 3.63) is 47.6 Å².